The maximum Gasteiger partial charge on any atom is 0.227 e. The Kier molecular flexibility index (Phi) is 7.25. The van der Waals surface area contributed by atoms with E-state index in [0.717, 1.165) is 12.1 Å². The van der Waals surface area contributed by atoms with Crippen LogP contribution in [0.15, 0.2) is 36.5 Å². The topological polar surface area (TPSA) is 63.9 Å². The number of amides is 1. The average Bonchev–Trinajstić information content (AvgIpc) is 3.42. The maximum absolute atomic E-state index is 12.9. The summed E-state index contributed by atoms with van der Waals surface area (Å²) < 4.78 is 7.65. The molecule has 0 saturated heterocycles. The summed E-state index contributed by atoms with van der Waals surface area (Å²) in [6.45, 7) is 1.67. The van der Waals surface area contributed by atoms with Gasteiger partial charge in [-0.1, -0.05) is 48.9 Å². The monoisotopic (exact) mass is 487 g/mol. The van der Waals surface area contributed by atoms with Crippen LogP contribution < -0.4 is 9.64 Å². The molecule has 0 spiro atoms. The number of hydrogen-bond acceptors (Lipinski definition) is 4. The highest BCUT2D eigenvalue weighted by Crippen LogP contribution is 2.31. The fraction of sp³-hybridized carbons (Fsp3) is 0.400. The molecule has 0 aliphatic heterocycles. The van der Waals surface area contributed by atoms with Crippen molar-refractivity contribution >= 4 is 46.4 Å². The van der Waals surface area contributed by atoms with Crippen LogP contribution in [0.4, 0.5) is 5.82 Å². The zero-order valence-electron chi connectivity index (χ0n) is 18.8. The van der Waals surface area contributed by atoms with E-state index < -0.39 is 0 Å². The van der Waals surface area contributed by atoms with Gasteiger partial charge in [-0.05, 0) is 49.6 Å². The van der Waals surface area contributed by atoms with Gasteiger partial charge >= 0.3 is 0 Å². The van der Waals surface area contributed by atoms with Gasteiger partial charge in [0.05, 0.1) is 10.7 Å². The number of hydrogen-bond donors (Lipinski definition) is 0. The number of halogens is 2. The van der Waals surface area contributed by atoms with E-state index in [0.29, 0.717) is 40.1 Å². The summed E-state index contributed by atoms with van der Waals surface area (Å²) in [6.07, 6.45) is 8.31. The lowest BCUT2D eigenvalue weighted by Gasteiger charge is -2.19. The number of aromatic nitrogens is 2. The number of aryl methyl sites for hydroxylation is 1. The number of carbonyl (C=O) groups is 2. The molecule has 8 heteroatoms. The number of benzene rings is 1. The van der Waals surface area contributed by atoms with Crippen molar-refractivity contribution in [3.63, 3.8) is 0 Å². The third kappa shape index (κ3) is 5.17. The first-order chi connectivity index (χ1) is 15.8. The van der Waals surface area contributed by atoms with Crippen molar-refractivity contribution in [2.45, 2.75) is 45.4 Å². The fourth-order valence-corrected chi connectivity index (χ4v) is 5.02. The minimum Gasteiger partial charge on any atom is -0.482 e. The molecule has 1 saturated carbocycles. The molecule has 0 unspecified atom stereocenters. The number of ether oxygens (including phenoxy) is 1. The van der Waals surface area contributed by atoms with Crippen LogP contribution in [0.5, 0.6) is 5.75 Å². The van der Waals surface area contributed by atoms with E-state index >= 15 is 0 Å². The molecule has 3 aromatic rings. The van der Waals surface area contributed by atoms with Crippen molar-refractivity contribution in [1.82, 2.24) is 9.38 Å². The first-order valence-corrected chi connectivity index (χ1v) is 12.0. The fourth-order valence-electron chi connectivity index (χ4n) is 4.51. The van der Waals surface area contributed by atoms with Crippen LogP contribution in [0, 0.1) is 12.8 Å². The van der Waals surface area contributed by atoms with Gasteiger partial charge in [0.15, 0.2) is 18.0 Å². The molecule has 0 atom stereocenters. The van der Waals surface area contributed by atoms with Crippen molar-refractivity contribution in [2.75, 3.05) is 18.6 Å². The van der Waals surface area contributed by atoms with Crippen LogP contribution in [-0.4, -0.2) is 34.7 Å². The van der Waals surface area contributed by atoms with E-state index in [-0.39, 0.29) is 23.3 Å². The Hall–Kier alpha value is -2.57. The van der Waals surface area contributed by atoms with E-state index in [9.17, 15) is 9.59 Å². The molecule has 0 bridgehead atoms. The number of imidazole rings is 1. The predicted octanol–water partition coefficient (Wildman–Crippen LogP) is 6.14. The van der Waals surface area contributed by atoms with Gasteiger partial charge in [-0.15, -0.1) is 0 Å². The van der Waals surface area contributed by atoms with Crippen LogP contribution in [-0.2, 0) is 4.79 Å². The molecule has 1 aliphatic rings. The molecule has 1 aromatic carbocycles. The minimum absolute atomic E-state index is 0.0747. The molecule has 33 heavy (non-hydrogen) atoms. The molecule has 0 radical (unpaired) electrons. The SMILES string of the molecule is Cc1nc2c(OCC(=O)c3ccc(Cl)cc3Cl)cccn2c1N(C)C(=O)CCC1CCCC1. The van der Waals surface area contributed by atoms with Crippen LogP contribution in [0.3, 0.4) is 0 Å². The largest absolute Gasteiger partial charge is 0.482 e. The first kappa shape index (κ1) is 23.6. The molecule has 1 aliphatic carbocycles. The Labute approximate surface area is 203 Å². The smallest absolute Gasteiger partial charge is 0.227 e. The number of Topliss-reactive ketones (excluding diaryl/α,β-unsaturated/α-hetero) is 1. The molecule has 1 amide bonds. The number of pyridine rings is 1. The summed E-state index contributed by atoms with van der Waals surface area (Å²) >= 11 is 12.1. The van der Waals surface area contributed by atoms with Crippen LogP contribution in [0.25, 0.3) is 5.65 Å². The van der Waals surface area contributed by atoms with Gasteiger partial charge in [0.25, 0.3) is 0 Å². The highest BCUT2D eigenvalue weighted by molar-refractivity contribution is 6.36. The number of fused-ring (bicyclic) bond motifs is 1. The highest BCUT2D eigenvalue weighted by Gasteiger charge is 2.23. The van der Waals surface area contributed by atoms with Crippen LogP contribution >= 0.6 is 23.2 Å². The molecule has 2 heterocycles. The lowest BCUT2D eigenvalue weighted by Crippen LogP contribution is -2.28. The van der Waals surface area contributed by atoms with Crippen LogP contribution in [0.1, 0.15) is 54.6 Å². The van der Waals surface area contributed by atoms with Gasteiger partial charge in [0, 0.05) is 30.3 Å². The number of anilines is 1. The Morgan fingerprint density at radius 3 is 2.70 bits per heavy atom. The quantitative estimate of drug-likeness (QED) is 0.357. The highest BCUT2D eigenvalue weighted by atomic mass is 35.5. The lowest BCUT2D eigenvalue weighted by molar-refractivity contribution is -0.118. The Morgan fingerprint density at radius 2 is 1.97 bits per heavy atom. The molecule has 2 aromatic heterocycles. The number of nitrogens with zero attached hydrogens (tertiary/aromatic N) is 3. The Bertz CT molecular complexity index is 1190. The normalized spacial score (nSPS) is 14.1. The van der Waals surface area contributed by atoms with Crippen molar-refractivity contribution in [3.05, 3.63) is 57.8 Å². The molecule has 0 N–H and O–H groups in total. The van der Waals surface area contributed by atoms with Crippen LogP contribution in [0.2, 0.25) is 10.0 Å². The maximum atomic E-state index is 12.9. The third-order valence-corrected chi connectivity index (χ3v) is 6.83. The molecule has 6 nitrogen and oxygen atoms in total. The number of carbonyl (C=O) groups excluding carboxylic acids is 2. The van der Waals surface area contributed by atoms with Gasteiger partial charge in [-0.2, -0.15) is 0 Å². The molecular formula is C25H27Cl2N3O3. The van der Waals surface area contributed by atoms with E-state index in [1.807, 2.05) is 23.6 Å². The van der Waals surface area contributed by atoms with Crippen molar-refractivity contribution in [2.24, 2.45) is 5.92 Å². The van der Waals surface area contributed by atoms with Crippen molar-refractivity contribution in [3.8, 4) is 5.75 Å². The van der Waals surface area contributed by atoms with Gasteiger partial charge in [-0.25, -0.2) is 4.98 Å². The molecule has 4 rings (SSSR count). The van der Waals surface area contributed by atoms with E-state index in [1.165, 1.54) is 31.7 Å². The van der Waals surface area contributed by atoms with E-state index in [1.54, 1.807) is 30.1 Å². The second-order valence-corrected chi connectivity index (χ2v) is 9.41. The van der Waals surface area contributed by atoms with Gasteiger partial charge in [-0.3, -0.25) is 18.9 Å². The summed E-state index contributed by atoms with van der Waals surface area (Å²) in [4.78, 5) is 31.8. The van der Waals surface area contributed by atoms with E-state index in [4.69, 9.17) is 27.9 Å². The lowest BCUT2D eigenvalue weighted by atomic mass is 10.0. The number of rotatable bonds is 8. The summed E-state index contributed by atoms with van der Waals surface area (Å²) in [6, 6.07) is 8.29. The molecule has 174 valence electrons. The van der Waals surface area contributed by atoms with E-state index in [2.05, 4.69) is 4.98 Å². The zero-order valence-corrected chi connectivity index (χ0v) is 20.3. The van der Waals surface area contributed by atoms with Gasteiger partial charge in [0.1, 0.15) is 5.82 Å². The zero-order chi connectivity index (χ0) is 23.5. The standard InChI is InChI=1S/C25H27Cl2N3O3/c1-16-25(29(2)23(32)12-9-17-6-3-4-7-17)30-13-5-8-22(24(30)28-16)33-15-21(31)19-11-10-18(26)14-20(19)27/h5,8,10-11,13-14,17H,3-4,6-7,9,12,15H2,1-2H3. The third-order valence-electron chi connectivity index (χ3n) is 6.28. The summed E-state index contributed by atoms with van der Waals surface area (Å²) in [5.74, 6) is 1.64. The second kappa shape index (κ2) is 10.1. The van der Waals surface area contributed by atoms with Gasteiger partial charge < -0.3 is 4.74 Å². The summed E-state index contributed by atoms with van der Waals surface area (Å²) in [5, 5.41) is 0.746. The van der Waals surface area contributed by atoms with Crippen molar-refractivity contribution < 1.29 is 14.3 Å². The summed E-state index contributed by atoms with van der Waals surface area (Å²) in [7, 11) is 1.78. The average molecular weight is 488 g/mol. The predicted molar refractivity (Wildman–Crippen MR) is 131 cm³/mol. The second-order valence-electron chi connectivity index (χ2n) is 8.56. The van der Waals surface area contributed by atoms with Gasteiger partial charge in [0.2, 0.25) is 11.7 Å². The Balaban J connectivity index is 1.50. The Morgan fingerprint density at radius 1 is 1.21 bits per heavy atom. The summed E-state index contributed by atoms with van der Waals surface area (Å²) in [5.41, 5.74) is 1.62. The minimum atomic E-state index is -0.263. The molecular weight excluding hydrogens is 461 g/mol. The van der Waals surface area contributed by atoms with Crippen molar-refractivity contribution in [1.29, 1.82) is 0 Å². The number of ketones is 1. The first-order valence-electron chi connectivity index (χ1n) is 11.2. The molecule has 1 fully saturated rings.